The molecular formula is C5H8ClN3S. The molecule has 0 atom stereocenters. The smallest absolute Gasteiger partial charge is 0.118 e. The Morgan fingerprint density at radius 1 is 1.80 bits per heavy atom. The third kappa shape index (κ3) is 1.22. The zero-order chi connectivity index (χ0) is 7.56. The molecule has 5 heteroatoms. The zero-order valence-electron chi connectivity index (χ0n) is 5.76. The monoisotopic (exact) mass is 177 g/mol. The second kappa shape index (κ2) is 3.16. The summed E-state index contributed by atoms with van der Waals surface area (Å²) >= 11 is 7.01. The van der Waals surface area contributed by atoms with E-state index in [0.717, 1.165) is 10.7 Å². The molecule has 0 fully saturated rings. The quantitative estimate of drug-likeness (QED) is 0.551. The number of anilines is 1. The van der Waals surface area contributed by atoms with Gasteiger partial charge in [-0.2, -0.15) is 5.10 Å². The van der Waals surface area contributed by atoms with Gasteiger partial charge in [0.25, 0.3) is 0 Å². The third-order valence-corrected chi connectivity index (χ3v) is 2.25. The van der Waals surface area contributed by atoms with Crippen LogP contribution in [0.1, 0.15) is 0 Å². The molecule has 0 saturated heterocycles. The van der Waals surface area contributed by atoms with Crippen LogP contribution in [0.3, 0.4) is 0 Å². The van der Waals surface area contributed by atoms with Gasteiger partial charge >= 0.3 is 0 Å². The predicted octanol–water partition coefficient (Wildman–Crippen LogP) is 1.71. The second-order valence-corrected chi connectivity index (χ2v) is 2.77. The van der Waals surface area contributed by atoms with Crippen LogP contribution in [0, 0.1) is 0 Å². The molecule has 0 aromatic carbocycles. The summed E-state index contributed by atoms with van der Waals surface area (Å²) in [6.07, 6.45) is 3.67. The number of thioether (sulfide) groups is 1. The van der Waals surface area contributed by atoms with Crippen molar-refractivity contribution in [1.82, 2.24) is 9.78 Å². The summed E-state index contributed by atoms with van der Waals surface area (Å²) in [6, 6.07) is 0. The molecule has 0 saturated carbocycles. The van der Waals surface area contributed by atoms with Gasteiger partial charge in [0.15, 0.2) is 0 Å². The molecule has 0 amide bonds. The number of hydrogen-bond acceptors (Lipinski definition) is 3. The SMILES string of the molecule is CSc1c(NCl)cnn1C. The number of halogens is 1. The van der Waals surface area contributed by atoms with Crippen LogP contribution in [0.4, 0.5) is 5.69 Å². The minimum atomic E-state index is 0.858. The van der Waals surface area contributed by atoms with Gasteiger partial charge in [-0.15, -0.1) is 11.8 Å². The molecule has 3 nitrogen and oxygen atoms in total. The summed E-state index contributed by atoms with van der Waals surface area (Å²) in [4.78, 5) is 2.54. The van der Waals surface area contributed by atoms with Gasteiger partial charge in [0.05, 0.1) is 6.20 Å². The van der Waals surface area contributed by atoms with Crippen molar-refractivity contribution in [3.63, 3.8) is 0 Å². The van der Waals surface area contributed by atoms with Crippen molar-refractivity contribution in [1.29, 1.82) is 0 Å². The van der Waals surface area contributed by atoms with Crippen molar-refractivity contribution in [3.8, 4) is 0 Å². The number of aromatic nitrogens is 2. The van der Waals surface area contributed by atoms with Crippen LogP contribution in [0.5, 0.6) is 0 Å². The van der Waals surface area contributed by atoms with E-state index in [9.17, 15) is 0 Å². The van der Waals surface area contributed by atoms with Gasteiger partial charge in [-0.25, -0.2) is 0 Å². The summed E-state index contributed by atoms with van der Waals surface area (Å²) in [5.41, 5.74) is 0.858. The number of nitrogens with zero attached hydrogens (tertiary/aromatic N) is 2. The Morgan fingerprint density at radius 2 is 2.50 bits per heavy atom. The Kier molecular flexibility index (Phi) is 2.45. The molecule has 1 rings (SSSR count). The highest BCUT2D eigenvalue weighted by Gasteiger charge is 2.04. The summed E-state index contributed by atoms with van der Waals surface area (Å²) in [7, 11) is 1.88. The Morgan fingerprint density at radius 3 is 2.90 bits per heavy atom. The minimum Gasteiger partial charge on any atom is -0.294 e. The number of hydrogen-bond donors (Lipinski definition) is 1. The highest BCUT2D eigenvalue weighted by atomic mass is 35.5. The van der Waals surface area contributed by atoms with E-state index < -0.39 is 0 Å². The van der Waals surface area contributed by atoms with Gasteiger partial charge in [0.1, 0.15) is 10.7 Å². The van der Waals surface area contributed by atoms with Crippen molar-refractivity contribution in [2.24, 2.45) is 7.05 Å². The average molecular weight is 178 g/mol. The van der Waals surface area contributed by atoms with Gasteiger partial charge < -0.3 is 0 Å². The van der Waals surface area contributed by atoms with Crippen LogP contribution in [-0.4, -0.2) is 16.0 Å². The largest absolute Gasteiger partial charge is 0.294 e. The van der Waals surface area contributed by atoms with Crippen molar-refractivity contribution >= 4 is 29.2 Å². The first kappa shape index (κ1) is 7.75. The predicted molar refractivity (Wildman–Crippen MR) is 44.5 cm³/mol. The van der Waals surface area contributed by atoms with E-state index in [1.165, 1.54) is 0 Å². The van der Waals surface area contributed by atoms with E-state index >= 15 is 0 Å². The fraction of sp³-hybridized carbons (Fsp3) is 0.400. The minimum absolute atomic E-state index is 0.858. The normalized spacial score (nSPS) is 9.90. The maximum Gasteiger partial charge on any atom is 0.118 e. The number of aryl methyl sites for hydroxylation is 1. The zero-order valence-corrected chi connectivity index (χ0v) is 7.33. The van der Waals surface area contributed by atoms with Crippen LogP contribution in [0.2, 0.25) is 0 Å². The van der Waals surface area contributed by atoms with Crippen LogP contribution in [0.15, 0.2) is 11.2 Å². The lowest BCUT2D eigenvalue weighted by Gasteiger charge is -1.98. The summed E-state index contributed by atoms with van der Waals surface area (Å²) < 4.78 is 1.77. The average Bonchev–Trinajstić information content (AvgIpc) is 2.30. The van der Waals surface area contributed by atoms with Gasteiger partial charge in [0, 0.05) is 18.8 Å². The molecule has 0 aliphatic carbocycles. The van der Waals surface area contributed by atoms with E-state index in [4.69, 9.17) is 11.8 Å². The van der Waals surface area contributed by atoms with Crippen molar-refractivity contribution < 1.29 is 0 Å². The first-order valence-corrected chi connectivity index (χ1v) is 4.32. The van der Waals surface area contributed by atoms with E-state index in [0.29, 0.717) is 0 Å². The van der Waals surface area contributed by atoms with Crippen LogP contribution in [-0.2, 0) is 7.05 Å². The van der Waals surface area contributed by atoms with E-state index in [-0.39, 0.29) is 0 Å². The Labute approximate surface area is 68.9 Å². The second-order valence-electron chi connectivity index (χ2n) is 1.79. The summed E-state index contributed by atoms with van der Waals surface area (Å²) in [6.45, 7) is 0. The highest BCUT2D eigenvalue weighted by molar-refractivity contribution is 7.98. The fourth-order valence-electron chi connectivity index (χ4n) is 0.733. The lowest BCUT2D eigenvalue weighted by atomic mass is 10.6. The Balaban J connectivity index is 3.01. The highest BCUT2D eigenvalue weighted by Crippen LogP contribution is 2.24. The first-order chi connectivity index (χ1) is 4.79. The Hall–Kier alpha value is -0.350. The van der Waals surface area contributed by atoms with E-state index in [1.807, 2.05) is 13.3 Å². The number of rotatable bonds is 2. The molecule has 0 spiro atoms. The molecule has 0 unspecified atom stereocenters. The molecule has 0 aliphatic heterocycles. The molecule has 10 heavy (non-hydrogen) atoms. The van der Waals surface area contributed by atoms with Crippen molar-refractivity contribution in [2.75, 3.05) is 11.1 Å². The van der Waals surface area contributed by atoms with Gasteiger partial charge in [-0.05, 0) is 6.26 Å². The molecule has 56 valence electrons. The van der Waals surface area contributed by atoms with Gasteiger partial charge in [-0.3, -0.25) is 9.52 Å². The van der Waals surface area contributed by atoms with E-state index in [2.05, 4.69) is 9.93 Å². The van der Waals surface area contributed by atoms with Gasteiger partial charge in [0.2, 0.25) is 0 Å². The van der Waals surface area contributed by atoms with Crippen molar-refractivity contribution in [3.05, 3.63) is 6.20 Å². The van der Waals surface area contributed by atoms with Crippen LogP contribution in [0.25, 0.3) is 0 Å². The molecule has 0 bridgehead atoms. The molecule has 0 radical (unpaired) electrons. The maximum absolute atomic E-state index is 5.41. The third-order valence-electron chi connectivity index (χ3n) is 1.18. The van der Waals surface area contributed by atoms with E-state index in [1.54, 1.807) is 22.6 Å². The van der Waals surface area contributed by atoms with Crippen molar-refractivity contribution in [2.45, 2.75) is 5.03 Å². The molecule has 1 aromatic heterocycles. The molecular weight excluding hydrogens is 170 g/mol. The lowest BCUT2D eigenvalue weighted by Crippen LogP contribution is -1.91. The summed E-state index contributed by atoms with van der Waals surface area (Å²) in [5, 5.41) is 5.04. The molecule has 1 N–H and O–H groups in total. The standard InChI is InChI=1S/C5H8ClN3S/c1-9-5(10-2)4(8-6)3-7-9/h3,8H,1-2H3. The topological polar surface area (TPSA) is 29.9 Å². The summed E-state index contributed by atoms with van der Waals surface area (Å²) in [5.74, 6) is 0. The lowest BCUT2D eigenvalue weighted by molar-refractivity contribution is 0.701. The van der Waals surface area contributed by atoms with Gasteiger partial charge in [-0.1, -0.05) is 0 Å². The maximum atomic E-state index is 5.41. The molecule has 0 aliphatic rings. The number of nitrogens with one attached hydrogen (secondary N) is 1. The first-order valence-electron chi connectivity index (χ1n) is 2.72. The van der Waals surface area contributed by atoms with Crippen LogP contribution < -0.4 is 4.84 Å². The van der Waals surface area contributed by atoms with Crippen LogP contribution >= 0.6 is 23.5 Å². The molecule has 1 aromatic rings. The molecule has 1 heterocycles. The fourth-order valence-corrected chi connectivity index (χ4v) is 1.56. The Bertz CT molecular complexity index is 223.